The average Bonchev–Trinajstić information content (AvgIpc) is 2.60. The monoisotopic (exact) mass is 402 g/mol. The first-order chi connectivity index (χ1) is 12.9. The lowest BCUT2D eigenvalue weighted by Gasteiger charge is -2.30. The highest BCUT2D eigenvalue weighted by atomic mass is 16.6. The summed E-state index contributed by atoms with van der Waals surface area (Å²) < 4.78 is 9.95. The summed E-state index contributed by atoms with van der Waals surface area (Å²) in [7, 11) is 0. The summed E-state index contributed by atoms with van der Waals surface area (Å²) in [5.74, 6) is -1.10. The van der Waals surface area contributed by atoms with Crippen LogP contribution in [-0.2, 0) is 23.9 Å². The van der Waals surface area contributed by atoms with Gasteiger partial charge in [-0.05, 0) is 39.7 Å². The molecule has 3 atom stereocenters. The second-order valence-electron chi connectivity index (χ2n) is 8.12. The van der Waals surface area contributed by atoms with E-state index in [1.807, 2.05) is 13.8 Å². The lowest BCUT2D eigenvalue weighted by atomic mass is 9.92. The van der Waals surface area contributed by atoms with Crippen LogP contribution in [0.15, 0.2) is 0 Å². The molecular formula is C20H40N3O5+. The topological polar surface area (TPSA) is 121 Å². The van der Waals surface area contributed by atoms with Gasteiger partial charge in [-0.3, -0.25) is 14.4 Å². The SMILES string of the molecule is CCC(C)([NH3+])CCCNC(C)(CC)CC(=O)NCC(COC(C)=O)OC(C)=O. The van der Waals surface area contributed by atoms with Crippen molar-refractivity contribution in [1.82, 2.24) is 10.6 Å². The Labute approximate surface area is 169 Å². The predicted molar refractivity (Wildman–Crippen MR) is 107 cm³/mol. The molecule has 5 N–H and O–H groups in total. The fourth-order valence-electron chi connectivity index (χ4n) is 2.62. The van der Waals surface area contributed by atoms with Crippen LogP contribution in [0, 0.1) is 0 Å². The summed E-state index contributed by atoms with van der Waals surface area (Å²) >= 11 is 0. The molecule has 0 saturated heterocycles. The van der Waals surface area contributed by atoms with E-state index >= 15 is 0 Å². The molecule has 0 aliphatic carbocycles. The minimum absolute atomic E-state index is 0.0836. The molecule has 1 amide bonds. The van der Waals surface area contributed by atoms with Crippen molar-refractivity contribution in [2.24, 2.45) is 0 Å². The van der Waals surface area contributed by atoms with Gasteiger partial charge in [0.15, 0.2) is 6.10 Å². The van der Waals surface area contributed by atoms with Crippen LogP contribution in [0.2, 0.25) is 0 Å². The van der Waals surface area contributed by atoms with Gasteiger partial charge in [0.2, 0.25) is 5.91 Å². The van der Waals surface area contributed by atoms with Crippen LogP contribution < -0.4 is 16.4 Å². The quantitative estimate of drug-likeness (QED) is 0.294. The number of ether oxygens (including phenoxy) is 2. The molecule has 0 aliphatic rings. The van der Waals surface area contributed by atoms with E-state index in [2.05, 4.69) is 30.2 Å². The van der Waals surface area contributed by atoms with Gasteiger partial charge in [-0.1, -0.05) is 13.8 Å². The van der Waals surface area contributed by atoms with E-state index < -0.39 is 18.0 Å². The molecule has 0 heterocycles. The van der Waals surface area contributed by atoms with E-state index in [9.17, 15) is 14.4 Å². The van der Waals surface area contributed by atoms with Crippen molar-refractivity contribution in [2.75, 3.05) is 19.7 Å². The van der Waals surface area contributed by atoms with Gasteiger partial charge < -0.3 is 25.8 Å². The van der Waals surface area contributed by atoms with E-state index in [-0.39, 0.29) is 30.1 Å². The zero-order valence-electron chi connectivity index (χ0n) is 18.5. The van der Waals surface area contributed by atoms with Crippen molar-refractivity contribution >= 4 is 17.8 Å². The Morgan fingerprint density at radius 2 is 1.71 bits per heavy atom. The number of nitrogens with one attached hydrogen (secondary N) is 2. The van der Waals surface area contributed by atoms with Gasteiger partial charge in [-0.2, -0.15) is 0 Å². The lowest BCUT2D eigenvalue weighted by molar-refractivity contribution is -0.474. The van der Waals surface area contributed by atoms with E-state index in [1.54, 1.807) is 0 Å². The van der Waals surface area contributed by atoms with E-state index in [1.165, 1.54) is 13.8 Å². The van der Waals surface area contributed by atoms with Crippen LogP contribution >= 0.6 is 0 Å². The van der Waals surface area contributed by atoms with Crippen molar-refractivity contribution < 1.29 is 29.6 Å². The van der Waals surface area contributed by atoms with Crippen molar-refractivity contribution in [1.29, 1.82) is 0 Å². The molecule has 0 fully saturated rings. The molecule has 3 unspecified atom stereocenters. The van der Waals surface area contributed by atoms with E-state index in [4.69, 9.17) is 9.47 Å². The number of carbonyl (C=O) groups excluding carboxylic acids is 3. The number of esters is 2. The minimum Gasteiger partial charge on any atom is -0.462 e. The third kappa shape index (κ3) is 12.7. The molecule has 0 aromatic heterocycles. The minimum atomic E-state index is -0.699. The van der Waals surface area contributed by atoms with E-state index in [0.717, 1.165) is 32.2 Å². The van der Waals surface area contributed by atoms with Gasteiger partial charge in [0.05, 0.1) is 12.1 Å². The van der Waals surface area contributed by atoms with Crippen molar-refractivity contribution in [3.8, 4) is 0 Å². The number of amides is 1. The largest absolute Gasteiger partial charge is 0.462 e. The maximum absolute atomic E-state index is 12.4. The molecule has 0 aromatic rings. The fourth-order valence-corrected chi connectivity index (χ4v) is 2.62. The Kier molecular flexibility index (Phi) is 12.0. The number of rotatable bonds is 14. The summed E-state index contributed by atoms with van der Waals surface area (Å²) in [5.41, 5.74) is 3.99. The smallest absolute Gasteiger partial charge is 0.303 e. The average molecular weight is 403 g/mol. The van der Waals surface area contributed by atoms with Crippen LogP contribution in [0.3, 0.4) is 0 Å². The third-order valence-electron chi connectivity index (χ3n) is 5.03. The first-order valence-corrected chi connectivity index (χ1v) is 10.1. The first kappa shape index (κ1) is 26.3. The van der Waals surface area contributed by atoms with Gasteiger partial charge in [-0.25, -0.2) is 0 Å². The molecule has 8 heteroatoms. The van der Waals surface area contributed by atoms with Crippen LogP contribution in [0.25, 0.3) is 0 Å². The van der Waals surface area contributed by atoms with Crippen LogP contribution in [0.1, 0.15) is 73.6 Å². The summed E-state index contributed by atoms with van der Waals surface area (Å²) in [6.07, 6.45) is 3.48. The third-order valence-corrected chi connectivity index (χ3v) is 5.03. The van der Waals surface area contributed by atoms with Gasteiger partial charge in [0.25, 0.3) is 0 Å². The Morgan fingerprint density at radius 3 is 2.21 bits per heavy atom. The normalized spacial score (nSPS) is 16.4. The van der Waals surface area contributed by atoms with E-state index in [0.29, 0.717) is 6.42 Å². The lowest BCUT2D eigenvalue weighted by Crippen LogP contribution is -2.70. The van der Waals surface area contributed by atoms with Crippen molar-refractivity contribution in [3.05, 3.63) is 0 Å². The molecule has 0 rings (SSSR count). The Balaban J connectivity index is 4.47. The molecule has 28 heavy (non-hydrogen) atoms. The Hall–Kier alpha value is -1.67. The maximum atomic E-state index is 12.4. The number of hydrogen-bond acceptors (Lipinski definition) is 6. The molecule has 0 aromatic carbocycles. The maximum Gasteiger partial charge on any atom is 0.303 e. The zero-order chi connectivity index (χ0) is 21.8. The molecule has 164 valence electrons. The predicted octanol–water partition coefficient (Wildman–Crippen LogP) is 0.937. The summed E-state index contributed by atoms with van der Waals surface area (Å²) in [5, 5.41) is 6.26. The Bertz CT molecular complexity index is 510. The van der Waals surface area contributed by atoms with Crippen LogP contribution in [0.5, 0.6) is 0 Å². The molecule has 0 bridgehead atoms. The van der Waals surface area contributed by atoms with Gasteiger partial charge in [0.1, 0.15) is 6.61 Å². The molecule has 0 saturated carbocycles. The Morgan fingerprint density at radius 1 is 1.07 bits per heavy atom. The van der Waals surface area contributed by atoms with Gasteiger partial charge in [-0.15, -0.1) is 0 Å². The fraction of sp³-hybridized carbons (Fsp3) is 0.850. The zero-order valence-corrected chi connectivity index (χ0v) is 18.5. The summed E-state index contributed by atoms with van der Waals surface area (Å²) in [6.45, 7) is 11.8. The van der Waals surface area contributed by atoms with Gasteiger partial charge in [0, 0.05) is 32.2 Å². The highest BCUT2D eigenvalue weighted by Crippen LogP contribution is 2.16. The first-order valence-electron chi connectivity index (χ1n) is 10.1. The van der Waals surface area contributed by atoms with Crippen molar-refractivity contribution in [3.63, 3.8) is 0 Å². The highest BCUT2D eigenvalue weighted by Gasteiger charge is 2.26. The molecule has 0 radical (unpaired) electrons. The second kappa shape index (κ2) is 12.7. The van der Waals surface area contributed by atoms with Gasteiger partial charge >= 0.3 is 11.9 Å². The highest BCUT2D eigenvalue weighted by molar-refractivity contribution is 5.77. The number of hydrogen-bond donors (Lipinski definition) is 3. The molecule has 8 nitrogen and oxygen atoms in total. The summed E-state index contributed by atoms with van der Waals surface area (Å²) in [4.78, 5) is 34.5. The molecular weight excluding hydrogens is 362 g/mol. The molecule has 0 spiro atoms. The summed E-state index contributed by atoms with van der Waals surface area (Å²) in [6, 6.07) is 0. The van der Waals surface area contributed by atoms with Crippen molar-refractivity contribution in [2.45, 2.75) is 90.8 Å². The molecule has 0 aliphatic heterocycles. The number of quaternary nitrogens is 1. The number of carbonyl (C=O) groups is 3. The standard InChI is InChI=1S/C20H39N3O5/c1-7-19(5,21)10-9-11-23-20(6,8-2)12-18(26)22-13-17(28-16(4)25)14-27-15(3)24/h17,23H,7-14,21H2,1-6H3,(H,22,26)/p+1. The van der Waals surface area contributed by atoms with Crippen LogP contribution in [-0.4, -0.2) is 54.7 Å². The van der Waals surface area contributed by atoms with Crippen LogP contribution in [0.4, 0.5) is 0 Å². The second-order valence-corrected chi connectivity index (χ2v) is 8.12.